The topological polar surface area (TPSA) is 63.2 Å². The summed E-state index contributed by atoms with van der Waals surface area (Å²) in [5.74, 6) is -0.220. The highest BCUT2D eigenvalue weighted by Gasteiger charge is 2.34. The van der Waals surface area contributed by atoms with Crippen LogP contribution in [0, 0.1) is 0 Å². The van der Waals surface area contributed by atoms with Gasteiger partial charge in [0.05, 0.1) is 17.0 Å². The first kappa shape index (κ1) is 11.4. The summed E-state index contributed by atoms with van der Waals surface area (Å²) in [5.41, 5.74) is 2.56. The van der Waals surface area contributed by atoms with Gasteiger partial charge in [0.15, 0.2) is 4.34 Å². The molecule has 0 bridgehead atoms. The molecule has 7 heteroatoms. The number of amides is 2. The molecule has 1 aliphatic rings. The van der Waals surface area contributed by atoms with E-state index in [1.807, 2.05) is 0 Å². The van der Waals surface area contributed by atoms with Crippen molar-refractivity contribution in [3.63, 3.8) is 0 Å². The Kier molecular flexibility index (Phi) is 2.85. The van der Waals surface area contributed by atoms with Crippen LogP contribution in [-0.2, 0) is 0 Å². The molecule has 3 rings (SSSR count). The zero-order valence-electron chi connectivity index (χ0n) is 9.07. The summed E-state index contributed by atoms with van der Waals surface area (Å²) in [5, 5.41) is 7.56. The van der Waals surface area contributed by atoms with Gasteiger partial charge in [0.25, 0.3) is 11.8 Å². The molecule has 0 unspecified atom stereocenters. The van der Waals surface area contributed by atoms with Crippen LogP contribution in [-0.4, -0.2) is 32.8 Å². The maximum absolute atomic E-state index is 12.0. The monoisotopic (exact) mass is 277 g/mol. The van der Waals surface area contributed by atoms with Gasteiger partial charge in [0.2, 0.25) is 0 Å². The number of carbonyl (C=O) groups is 2. The van der Waals surface area contributed by atoms with E-state index in [1.54, 1.807) is 29.8 Å². The molecular weight excluding hydrogens is 270 g/mol. The van der Waals surface area contributed by atoms with Crippen molar-refractivity contribution < 1.29 is 9.59 Å². The van der Waals surface area contributed by atoms with Gasteiger partial charge in [-0.25, -0.2) is 0 Å². The van der Waals surface area contributed by atoms with Gasteiger partial charge < -0.3 is 0 Å². The van der Waals surface area contributed by atoms with E-state index >= 15 is 0 Å². The summed E-state index contributed by atoms with van der Waals surface area (Å²) >= 11 is 2.72. The molecule has 1 aromatic heterocycles. The van der Waals surface area contributed by atoms with E-state index in [2.05, 4.69) is 10.2 Å². The number of rotatable bonds is 3. The Bertz CT molecular complexity index is 578. The minimum Gasteiger partial charge on any atom is -0.269 e. The third-order valence-electron chi connectivity index (χ3n) is 2.54. The average Bonchev–Trinajstić information content (AvgIpc) is 2.98. The number of hydrogen-bond donors (Lipinski definition) is 0. The van der Waals surface area contributed by atoms with Gasteiger partial charge >= 0.3 is 0 Å². The molecule has 5 nitrogen and oxygen atoms in total. The van der Waals surface area contributed by atoms with Gasteiger partial charge in [-0.3, -0.25) is 14.5 Å². The fourth-order valence-electron chi connectivity index (χ4n) is 1.70. The van der Waals surface area contributed by atoms with Gasteiger partial charge in [-0.05, 0) is 12.1 Å². The zero-order chi connectivity index (χ0) is 12.5. The number of aromatic nitrogens is 2. The van der Waals surface area contributed by atoms with E-state index < -0.39 is 0 Å². The predicted molar refractivity (Wildman–Crippen MR) is 67.6 cm³/mol. The van der Waals surface area contributed by atoms with Crippen molar-refractivity contribution in [2.75, 3.05) is 5.88 Å². The first-order valence-corrected chi connectivity index (χ1v) is 6.98. The Morgan fingerprint density at radius 2 is 1.83 bits per heavy atom. The molecule has 2 aromatic rings. The van der Waals surface area contributed by atoms with Gasteiger partial charge in [-0.1, -0.05) is 35.2 Å². The van der Waals surface area contributed by atoms with Crippen molar-refractivity contribution in [3.8, 4) is 0 Å². The van der Waals surface area contributed by atoms with Crippen LogP contribution >= 0.6 is 23.1 Å². The van der Waals surface area contributed by atoms with E-state index in [-0.39, 0.29) is 17.7 Å². The van der Waals surface area contributed by atoms with Crippen molar-refractivity contribution in [2.24, 2.45) is 0 Å². The molecule has 0 saturated heterocycles. The predicted octanol–water partition coefficient (Wildman–Crippen LogP) is 1.88. The first-order valence-electron chi connectivity index (χ1n) is 5.11. The van der Waals surface area contributed by atoms with E-state index in [1.165, 1.54) is 28.0 Å². The smallest absolute Gasteiger partial charge is 0.262 e. The van der Waals surface area contributed by atoms with Crippen LogP contribution in [0.5, 0.6) is 0 Å². The summed E-state index contributed by atoms with van der Waals surface area (Å²) in [4.78, 5) is 25.3. The minimum absolute atomic E-state index is 0.243. The van der Waals surface area contributed by atoms with Crippen LogP contribution < -0.4 is 0 Å². The van der Waals surface area contributed by atoms with Crippen molar-refractivity contribution in [1.82, 2.24) is 15.1 Å². The van der Waals surface area contributed by atoms with Crippen LogP contribution in [0.2, 0.25) is 0 Å². The Morgan fingerprint density at radius 3 is 2.39 bits per heavy atom. The standard InChI is InChI=1S/C11H7N3O2S2/c15-9-7-3-1-2-4-8(7)10(16)14(9)6-18-11-13-12-5-17-11/h1-5H,6H2. The van der Waals surface area contributed by atoms with Crippen molar-refractivity contribution >= 4 is 34.9 Å². The van der Waals surface area contributed by atoms with Gasteiger partial charge in [0.1, 0.15) is 5.51 Å². The second kappa shape index (κ2) is 4.51. The SMILES string of the molecule is O=C1c2ccccc2C(=O)N1CSc1nncs1. The summed E-state index contributed by atoms with van der Waals surface area (Å²) in [6.07, 6.45) is 0. The Labute approximate surface area is 111 Å². The molecule has 2 amide bonds. The van der Waals surface area contributed by atoms with E-state index in [9.17, 15) is 9.59 Å². The molecule has 1 aliphatic heterocycles. The van der Waals surface area contributed by atoms with Crippen LogP contribution in [0.4, 0.5) is 0 Å². The number of carbonyl (C=O) groups excluding carboxylic acids is 2. The van der Waals surface area contributed by atoms with Crippen LogP contribution in [0.15, 0.2) is 34.1 Å². The fourth-order valence-corrected chi connectivity index (χ4v) is 3.12. The zero-order valence-corrected chi connectivity index (χ0v) is 10.7. The number of fused-ring (bicyclic) bond motifs is 1. The molecule has 1 aromatic carbocycles. The normalized spacial score (nSPS) is 14.1. The number of imide groups is 1. The van der Waals surface area contributed by atoms with Crippen molar-refractivity contribution in [2.45, 2.75) is 4.34 Å². The molecule has 0 spiro atoms. The van der Waals surface area contributed by atoms with E-state index in [0.29, 0.717) is 11.1 Å². The maximum atomic E-state index is 12.0. The second-order valence-corrected chi connectivity index (χ2v) is 5.59. The van der Waals surface area contributed by atoms with Crippen LogP contribution in [0.1, 0.15) is 20.7 Å². The molecule has 0 saturated carbocycles. The molecule has 0 radical (unpaired) electrons. The number of benzene rings is 1. The Balaban J connectivity index is 1.80. The highest BCUT2D eigenvalue weighted by molar-refractivity contribution is 8.00. The molecule has 2 heterocycles. The summed E-state index contributed by atoms with van der Waals surface area (Å²) < 4.78 is 0.742. The van der Waals surface area contributed by atoms with Crippen LogP contribution in [0.25, 0.3) is 0 Å². The third-order valence-corrected chi connectivity index (χ3v) is 4.38. The van der Waals surface area contributed by atoms with Gasteiger partial charge in [-0.15, -0.1) is 10.2 Å². The van der Waals surface area contributed by atoms with Crippen molar-refractivity contribution in [1.29, 1.82) is 0 Å². The quantitative estimate of drug-likeness (QED) is 0.633. The first-order chi connectivity index (χ1) is 8.77. The van der Waals surface area contributed by atoms with E-state index in [0.717, 1.165) is 4.34 Å². The van der Waals surface area contributed by atoms with Crippen LogP contribution in [0.3, 0.4) is 0 Å². The van der Waals surface area contributed by atoms with E-state index in [4.69, 9.17) is 0 Å². The molecule has 0 N–H and O–H groups in total. The lowest BCUT2D eigenvalue weighted by molar-refractivity contribution is 0.0684. The number of hydrogen-bond acceptors (Lipinski definition) is 6. The summed E-state index contributed by atoms with van der Waals surface area (Å²) in [7, 11) is 0. The minimum atomic E-state index is -0.243. The summed E-state index contributed by atoms with van der Waals surface area (Å²) in [6.45, 7) is 0. The Hall–Kier alpha value is -1.73. The fraction of sp³-hybridized carbons (Fsp3) is 0.0909. The lowest BCUT2D eigenvalue weighted by Gasteiger charge is -2.11. The van der Waals surface area contributed by atoms with Gasteiger partial charge in [-0.2, -0.15) is 0 Å². The molecule has 0 atom stereocenters. The third kappa shape index (κ3) is 1.81. The highest BCUT2D eigenvalue weighted by atomic mass is 32.2. The molecule has 18 heavy (non-hydrogen) atoms. The second-order valence-electron chi connectivity index (χ2n) is 3.56. The lowest BCUT2D eigenvalue weighted by atomic mass is 10.1. The molecule has 90 valence electrons. The van der Waals surface area contributed by atoms with Crippen molar-refractivity contribution in [3.05, 3.63) is 40.9 Å². The number of thioether (sulfide) groups is 1. The molecule has 0 aliphatic carbocycles. The number of nitrogens with zero attached hydrogens (tertiary/aromatic N) is 3. The van der Waals surface area contributed by atoms with Gasteiger partial charge in [0, 0.05) is 0 Å². The maximum Gasteiger partial charge on any atom is 0.262 e. The molecule has 0 fully saturated rings. The highest BCUT2D eigenvalue weighted by Crippen LogP contribution is 2.27. The lowest BCUT2D eigenvalue weighted by Crippen LogP contribution is -2.29. The Morgan fingerprint density at radius 1 is 1.17 bits per heavy atom. The summed E-state index contributed by atoms with van der Waals surface area (Å²) in [6, 6.07) is 6.85. The molecular formula is C11H7N3O2S2. The average molecular weight is 277 g/mol. The largest absolute Gasteiger partial charge is 0.269 e.